The van der Waals surface area contributed by atoms with Crippen molar-refractivity contribution in [3.8, 4) is 0 Å². The van der Waals surface area contributed by atoms with Gasteiger partial charge in [0.25, 0.3) is 0 Å². The Morgan fingerprint density at radius 1 is 1.15 bits per heavy atom. The number of rotatable bonds is 9. The Kier molecular flexibility index (Phi) is 8.07. The van der Waals surface area contributed by atoms with E-state index in [1.54, 1.807) is 13.8 Å². The van der Waals surface area contributed by atoms with E-state index in [9.17, 15) is 13.2 Å². The number of hydrogen-bond donors (Lipinski definition) is 2. The van der Waals surface area contributed by atoms with Gasteiger partial charge >= 0.3 is 0 Å². The third-order valence-corrected chi connectivity index (χ3v) is 6.58. The van der Waals surface area contributed by atoms with Gasteiger partial charge in [0, 0.05) is 51.0 Å². The van der Waals surface area contributed by atoms with E-state index in [1.165, 1.54) is 6.92 Å². The van der Waals surface area contributed by atoms with E-state index >= 15 is 0 Å². The standard InChI is InChI=1S/C19H32N4O3S/c1-16(2)27(25,26)20-9-4-5-10-22-11-13-23(14-12-22)19-8-6-7-18(15-19)21-17(3)24/h6-8,15-16,20H,4-5,9-14H2,1-3H3,(H,21,24). The van der Waals surface area contributed by atoms with E-state index in [0.29, 0.717) is 6.54 Å². The van der Waals surface area contributed by atoms with Gasteiger partial charge in [-0.25, -0.2) is 13.1 Å². The topological polar surface area (TPSA) is 81.8 Å². The number of benzene rings is 1. The van der Waals surface area contributed by atoms with Crippen LogP contribution >= 0.6 is 0 Å². The number of hydrogen-bond acceptors (Lipinski definition) is 5. The maximum absolute atomic E-state index is 11.7. The average Bonchev–Trinajstić information content (AvgIpc) is 2.61. The minimum Gasteiger partial charge on any atom is -0.369 e. The van der Waals surface area contributed by atoms with Gasteiger partial charge in [-0.2, -0.15) is 0 Å². The molecule has 8 heteroatoms. The number of nitrogens with one attached hydrogen (secondary N) is 2. The van der Waals surface area contributed by atoms with Crippen LogP contribution in [0.25, 0.3) is 0 Å². The maximum atomic E-state index is 11.7. The lowest BCUT2D eigenvalue weighted by Gasteiger charge is -2.36. The molecule has 0 bridgehead atoms. The number of nitrogens with zero attached hydrogens (tertiary/aromatic N) is 2. The van der Waals surface area contributed by atoms with Crippen molar-refractivity contribution in [3.63, 3.8) is 0 Å². The minimum atomic E-state index is -3.15. The zero-order valence-corrected chi connectivity index (χ0v) is 17.4. The van der Waals surface area contributed by atoms with Gasteiger partial charge in [-0.3, -0.25) is 9.69 Å². The van der Waals surface area contributed by atoms with Gasteiger partial charge in [0.15, 0.2) is 0 Å². The molecule has 2 rings (SSSR count). The fourth-order valence-corrected chi connectivity index (χ4v) is 3.82. The first-order chi connectivity index (χ1) is 12.8. The number of unbranched alkanes of at least 4 members (excludes halogenated alkanes) is 1. The lowest BCUT2D eigenvalue weighted by molar-refractivity contribution is -0.114. The summed E-state index contributed by atoms with van der Waals surface area (Å²) in [7, 11) is -3.15. The number of carbonyl (C=O) groups excluding carboxylic acids is 1. The summed E-state index contributed by atoms with van der Waals surface area (Å²) in [5.74, 6) is -0.0624. The second-order valence-electron chi connectivity index (χ2n) is 7.26. The summed E-state index contributed by atoms with van der Waals surface area (Å²) in [6.45, 7) is 10.3. The Morgan fingerprint density at radius 2 is 1.85 bits per heavy atom. The number of carbonyl (C=O) groups is 1. The molecular formula is C19H32N4O3S. The summed E-state index contributed by atoms with van der Waals surface area (Å²) in [4.78, 5) is 16.0. The first-order valence-corrected chi connectivity index (χ1v) is 11.2. The largest absolute Gasteiger partial charge is 0.369 e. The Bertz CT molecular complexity index is 713. The molecule has 2 N–H and O–H groups in total. The summed E-state index contributed by atoms with van der Waals surface area (Å²) in [5.41, 5.74) is 1.95. The van der Waals surface area contributed by atoms with Crippen LogP contribution in [-0.4, -0.2) is 63.7 Å². The monoisotopic (exact) mass is 396 g/mol. The summed E-state index contributed by atoms with van der Waals surface area (Å²) in [6, 6.07) is 7.94. The van der Waals surface area contributed by atoms with Crippen LogP contribution in [0.15, 0.2) is 24.3 Å². The smallest absolute Gasteiger partial charge is 0.221 e. The van der Waals surface area contributed by atoms with Gasteiger partial charge in [0.05, 0.1) is 5.25 Å². The fourth-order valence-electron chi connectivity index (χ4n) is 3.05. The Hall–Kier alpha value is -1.64. The van der Waals surface area contributed by atoms with Gasteiger partial charge in [-0.1, -0.05) is 6.07 Å². The van der Waals surface area contributed by atoms with Gasteiger partial charge in [-0.05, 0) is 51.4 Å². The Balaban J connectivity index is 1.69. The Morgan fingerprint density at radius 3 is 2.48 bits per heavy atom. The summed E-state index contributed by atoms with van der Waals surface area (Å²) >= 11 is 0. The Labute approximate surface area is 163 Å². The predicted octanol–water partition coefficient (Wildman–Crippen LogP) is 1.87. The maximum Gasteiger partial charge on any atom is 0.221 e. The van der Waals surface area contributed by atoms with Crippen LogP contribution < -0.4 is 14.9 Å². The molecule has 1 saturated heterocycles. The molecule has 1 amide bonds. The predicted molar refractivity (Wildman–Crippen MR) is 111 cm³/mol. The molecule has 0 saturated carbocycles. The SMILES string of the molecule is CC(=O)Nc1cccc(N2CCN(CCCCNS(=O)(=O)C(C)C)CC2)c1. The van der Waals surface area contributed by atoms with E-state index < -0.39 is 10.0 Å². The highest BCUT2D eigenvalue weighted by Crippen LogP contribution is 2.21. The highest BCUT2D eigenvalue weighted by molar-refractivity contribution is 7.90. The van der Waals surface area contributed by atoms with Gasteiger partial charge in [-0.15, -0.1) is 0 Å². The zero-order valence-electron chi connectivity index (χ0n) is 16.6. The molecule has 152 valence electrons. The van der Waals surface area contributed by atoms with Gasteiger partial charge in [0.2, 0.25) is 15.9 Å². The molecule has 0 aliphatic carbocycles. The molecule has 0 spiro atoms. The number of piperazine rings is 1. The van der Waals surface area contributed by atoms with Crippen molar-refractivity contribution in [3.05, 3.63) is 24.3 Å². The molecule has 0 aromatic heterocycles. The number of sulfonamides is 1. The molecule has 27 heavy (non-hydrogen) atoms. The van der Waals surface area contributed by atoms with Crippen molar-refractivity contribution >= 4 is 27.3 Å². The lowest BCUT2D eigenvalue weighted by atomic mass is 10.2. The van der Waals surface area contributed by atoms with Crippen molar-refractivity contribution in [2.45, 2.75) is 38.9 Å². The number of amides is 1. The van der Waals surface area contributed by atoms with Gasteiger partial charge < -0.3 is 10.2 Å². The van der Waals surface area contributed by atoms with Gasteiger partial charge in [0.1, 0.15) is 0 Å². The van der Waals surface area contributed by atoms with Crippen LogP contribution in [0.4, 0.5) is 11.4 Å². The summed E-state index contributed by atoms with van der Waals surface area (Å²) in [6.07, 6.45) is 1.84. The zero-order chi connectivity index (χ0) is 19.9. The second kappa shape index (κ2) is 10.1. The molecule has 1 aliphatic rings. The minimum absolute atomic E-state index is 0.0624. The normalized spacial score (nSPS) is 15.9. The molecule has 0 radical (unpaired) electrons. The lowest BCUT2D eigenvalue weighted by Crippen LogP contribution is -2.46. The molecule has 1 aliphatic heterocycles. The van der Waals surface area contributed by atoms with Crippen LogP contribution in [0.5, 0.6) is 0 Å². The van der Waals surface area contributed by atoms with Crippen molar-refractivity contribution in [2.24, 2.45) is 0 Å². The third-order valence-electron chi connectivity index (χ3n) is 4.73. The average molecular weight is 397 g/mol. The van der Waals surface area contributed by atoms with Crippen molar-refractivity contribution in [2.75, 3.05) is 49.5 Å². The van der Waals surface area contributed by atoms with Crippen molar-refractivity contribution in [1.29, 1.82) is 0 Å². The molecule has 1 aromatic carbocycles. The number of anilines is 2. The van der Waals surface area contributed by atoms with E-state index in [2.05, 4.69) is 25.9 Å². The first kappa shape index (κ1) is 21.7. The van der Waals surface area contributed by atoms with Crippen LogP contribution in [0.2, 0.25) is 0 Å². The van der Waals surface area contributed by atoms with Crippen molar-refractivity contribution < 1.29 is 13.2 Å². The molecule has 0 atom stereocenters. The van der Waals surface area contributed by atoms with E-state index in [-0.39, 0.29) is 11.2 Å². The second-order valence-corrected chi connectivity index (χ2v) is 9.58. The summed E-state index contributed by atoms with van der Waals surface area (Å²) < 4.78 is 26.1. The molecule has 0 unspecified atom stereocenters. The first-order valence-electron chi connectivity index (χ1n) is 9.61. The third kappa shape index (κ3) is 7.12. The molecule has 1 fully saturated rings. The molecule has 7 nitrogen and oxygen atoms in total. The van der Waals surface area contributed by atoms with Crippen molar-refractivity contribution in [1.82, 2.24) is 9.62 Å². The highest BCUT2D eigenvalue weighted by Gasteiger charge is 2.18. The van der Waals surface area contributed by atoms with Crippen LogP contribution in [-0.2, 0) is 14.8 Å². The molecule has 1 aromatic rings. The summed E-state index contributed by atoms with van der Waals surface area (Å²) in [5, 5.41) is 2.45. The molecule has 1 heterocycles. The van der Waals surface area contributed by atoms with E-state index in [4.69, 9.17) is 0 Å². The van der Waals surface area contributed by atoms with Crippen LogP contribution in [0.3, 0.4) is 0 Å². The highest BCUT2D eigenvalue weighted by atomic mass is 32.2. The van der Waals surface area contributed by atoms with Crippen LogP contribution in [0, 0.1) is 0 Å². The van der Waals surface area contributed by atoms with Crippen LogP contribution in [0.1, 0.15) is 33.6 Å². The van der Waals surface area contributed by atoms with E-state index in [1.807, 2.05) is 18.2 Å². The molecular weight excluding hydrogens is 364 g/mol. The fraction of sp³-hybridized carbons (Fsp3) is 0.632. The quantitative estimate of drug-likeness (QED) is 0.623. The van der Waals surface area contributed by atoms with E-state index in [0.717, 1.165) is 56.9 Å².